The third kappa shape index (κ3) is 2.23. The van der Waals surface area contributed by atoms with Crippen LogP contribution in [0.2, 0.25) is 5.02 Å². The minimum atomic E-state index is 0.688. The number of hydrogen-bond donors (Lipinski definition) is 0. The number of hydrogen-bond acceptors (Lipinski definition) is 4. The van der Waals surface area contributed by atoms with E-state index in [0.29, 0.717) is 22.0 Å². The standard InChI is InChI=1S/C15H10AsClN4O/c16-15-19-12(11-2-1-7-22-11)13-14(20-15)21(8-18-13)10-5-3-9(17)4-6-10/h1-8H,16H2. The number of fused-ring (bicyclic) bond motifs is 1. The number of aromatic nitrogens is 4. The molecule has 0 bridgehead atoms. The molecule has 0 saturated carbocycles. The van der Waals surface area contributed by atoms with Crippen LogP contribution in [0.5, 0.6) is 0 Å². The fourth-order valence-electron chi connectivity index (χ4n) is 2.29. The van der Waals surface area contributed by atoms with Gasteiger partial charge in [-0.1, -0.05) is 0 Å². The summed E-state index contributed by atoms with van der Waals surface area (Å²) in [7, 11) is 0. The van der Waals surface area contributed by atoms with Crippen molar-refractivity contribution in [2.24, 2.45) is 0 Å². The Morgan fingerprint density at radius 2 is 1.91 bits per heavy atom. The van der Waals surface area contributed by atoms with Gasteiger partial charge in [0.05, 0.1) is 0 Å². The first-order valence-electron chi connectivity index (χ1n) is 6.53. The zero-order valence-electron chi connectivity index (χ0n) is 11.3. The van der Waals surface area contributed by atoms with E-state index >= 15 is 0 Å². The summed E-state index contributed by atoms with van der Waals surface area (Å²) in [6.07, 6.45) is 3.36. The maximum atomic E-state index is 5.95. The van der Waals surface area contributed by atoms with Gasteiger partial charge in [-0.25, -0.2) is 0 Å². The minimum absolute atomic E-state index is 0.688. The summed E-state index contributed by atoms with van der Waals surface area (Å²) in [5.74, 6) is 0.688. The molecule has 3 heterocycles. The van der Waals surface area contributed by atoms with Crippen molar-refractivity contribution in [3.8, 4) is 17.1 Å². The summed E-state index contributed by atoms with van der Waals surface area (Å²) in [6.45, 7) is 0. The van der Waals surface area contributed by atoms with E-state index in [1.807, 2.05) is 41.0 Å². The Labute approximate surface area is 139 Å². The second-order valence-electron chi connectivity index (χ2n) is 4.67. The number of halogens is 1. The normalized spacial score (nSPS) is 11.2. The topological polar surface area (TPSA) is 56.7 Å². The summed E-state index contributed by atoms with van der Waals surface area (Å²) in [6, 6.07) is 11.2. The van der Waals surface area contributed by atoms with Gasteiger partial charge in [0.1, 0.15) is 0 Å². The molecule has 0 saturated heterocycles. The van der Waals surface area contributed by atoms with Gasteiger partial charge in [0.15, 0.2) is 0 Å². The first-order chi connectivity index (χ1) is 10.7. The summed E-state index contributed by atoms with van der Waals surface area (Å²) in [5.41, 5.74) is 3.12. The first kappa shape index (κ1) is 13.6. The van der Waals surface area contributed by atoms with Gasteiger partial charge in [-0.15, -0.1) is 0 Å². The number of furan rings is 1. The van der Waals surface area contributed by atoms with Crippen molar-refractivity contribution in [3.63, 3.8) is 0 Å². The van der Waals surface area contributed by atoms with Gasteiger partial charge in [0.25, 0.3) is 0 Å². The van der Waals surface area contributed by atoms with Gasteiger partial charge in [0, 0.05) is 0 Å². The Bertz CT molecular complexity index is 948. The second kappa shape index (κ2) is 5.27. The van der Waals surface area contributed by atoms with Crippen LogP contribution in [0.3, 0.4) is 0 Å². The monoisotopic (exact) mass is 372 g/mol. The number of benzene rings is 1. The fraction of sp³-hybridized carbons (Fsp3) is 0. The van der Waals surface area contributed by atoms with Crippen molar-refractivity contribution >= 4 is 44.2 Å². The predicted molar refractivity (Wildman–Crippen MR) is 87.5 cm³/mol. The first-order valence-corrected chi connectivity index (χ1v) is 8.12. The molecule has 108 valence electrons. The van der Waals surface area contributed by atoms with Gasteiger partial charge in [0.2, 0.25) is 0 Å². The van der Waals surface area contributed by atoms with Crippen LogP contribution >= 0.6 is 11.6 Å². The summed E-state index contributed by atoms with van der Waals surface area (Å²) in [5, 5.41) is 0.693. The molecule has 5 nitrogen and oxygen atoms in total. The summed E-state index contributed by atoms with van der Waals surface area (Å²) >= 11 is 7.30. The Morgan fingerprint density at radius 1 is 1.09 bits per heavy atom. The van der Waals surface area contributed by atoms with Gasteiger partial charge >= 0.3 is 139 Å². The molecular formula is C15H10AsClN4O. The Hall–Kier alpha value is -2.10. The summed E-state index contributed by atoms with van der Waals surface area (Å²) in [4.78, 5) is 13.5. The van der Waals surface area contributed by atoms with Crippen molar-refractivity contribution in [2.45, 2.75) is 0 Å². The SMILES string of the molecule is Clc1ccc(-n2cnc3c(-c4ccco4)nc([AsH2])nc32)cc1. The molecule has 7 heteroatoms. The van der Waals surface area contributed by atoms with E-state index in [1.54, 1.807) is 12.6 Å². The Morgan fingerprint density at radius 3 is 2.64 bits per heavy atom. The number of imidazole rings is 1. The molecule has 22 heavy (non-hydrogen) atoms. The number of nitrogens with zero attached hydrogens (tertiary/aromatic N) is 4. The number of rotatable bonds is 2. The Kier molecular flexibility index (Phi) is 3.25. The summed E-state index contributed by atoms with van der Waals surface area (Å²) < 4.78 is 8.11. The van der Waals surface area contributed by atoms with Crippen molar-refractivity contribution in [3.05, 3.63) is 54.0 Å². The van der Waals surface area contributed by atoms with E-state index in [0.717, 1.165) is 15.9 Å². The maximum absolute atomic E-state index is 5.95. The molecule has 1 aromatic carbocycles. The predicted octanol–water partition coefficient (Wildman–Crippen LogP) is 1.99. The molecule has 1 atom stereocenters. The molecule has 0 N–H and O–H groups in total. The van der Waals surface area contributed by atoms with Crippen LogP contribution in [-0.2, 0) is 0 Å². The average Bonchev–Trinajstić information content (AvgIpc) is 3.16. The molecule has 4 rings (SSSR count). The molecule has 1 unspecified atom stereocenters. The van der Waals surface area contributed by atoms with Crippen LogP contribution in [0.15, 0.2) is 53.4 Å². The molecule has 4 aromatic rings. The van der Waals surface area contributed by atoms with Gasteiger partial charge in [-0.2, -0.15) is 0 Å². The quantitative estimate of drug-likeness (QED) is 0.505. The van der Waals surface area contributed by atoms with Gasteiger partial charge < -0.3 is 0 Å². The van der Waals surface area contributed by atoms with E-state index in [2.05, 4.69) is 15.0 Å². The van der Waals surface area contributed by atoms with E-state index in [1.165, 1.54) is 16.9 Å². The average molecular weight is 373 g/mol. The van der Waals surface area contributed by atoms with Crippen LogP contribution in [0.1, 0.15) is 0 Å². The molecule has 0 aliphatic carbocycles. The van der Waals surface area contributed by atoms with Crippen LogP contribution < -0.4 is 4.61 Å². The Balaban J connectivity index is 1.98. The molecule has 0 amide bonds. The second-order valence-corrected chi connectivity index (χ2v) is 6.19. The van der Waals surface area contributed by atoms with Gasteiger partial charge in [-0.3, -0.25) is 0 Å². The van der Waals surface area contributed by atoms with Crippen molar-refractivity contribution in [1.82, 2.24) is 19.5 Å². The van der Waals surface area contributed by atoms with Crippen molar-refractivity contribution < 1.29 is 4.42 Å². The van der Waals surface area contributed by atoms with E-state index in [-0.39, 0.29) is 0 Å². The third-order valence-corrected chi connectivity index (χ3v) is 4.07. The van der Waals surface area contributed by atoms with Crippen LogP contribution in [-0.4, -0.2) is 36.4 Å². The molecule has 0 aliphatic heterocycles. The molecule has 0 aliphatic rings. The van der Waals surface area contributed by atoms with Crippen LogP contribution in [0.25, 0.3) is 28.3 Å². The molecular weight excluding hydrogens is 363 g/mol. The van der Waals surface area contributed by atoms with Gasteiger partial charge in [-0.05, 0) is 0 Å². The zero-order chi connectivity index (χ0) is 15.1. The van der Waals surface area contributed by atoms with Crippen molar-refractivity contribution in [1.29, 1.82) is 0 Å². The van der Waals surface area contributed by atoms with E-state index < -0.39 is 0 Å². The fourth-order valence-corrected chi connectivity index (χ4v) is 2.95. The zero-order valence-corrected chi connectivity index (χ0v) is 14.4. The molecule has 0 spiro atoms. The molecule has 3 aromatic heterocycles. The van der Waals surface area contributed by atoms with Crippen molar-refractivity contribution in [2.75, 3.05) is 0 Å². The van der Waals surface area contributed by atoms with Crippen LogP contribution in [0, 0.1) is 0 Å². The van der Waals surface area contributed by atoms with Crippen LogP contribution in [0.4, 0.5) is 0 Å². The van der Waals surface area contributed by atoms with E-state index in [4.69, 9.17) is 16.0 Å². The molecule has 0 radical (unpaired) electrons. The molecule has 0 fully saturated rings. The van der Waals surface area contributed by atoms with E-state index in [9.17, 15) is 0 Å². The third-order valence-electron chi connectivity index (χ3n) is 3.27.